The van der Waals surface area contributed by atoms with E-state index in [0.717, 1.165) is 35.3 Å². The van der Waals surface area contributed by atoms with Crippen LogP contribution >= 0.6 is 0 Å². The van der Waals surface area contributed by atoms with Gasteiger partial charge in [-0.1, -0.05) is 12.8 Å². The fourth-order valence-electron chi connectivity index (χ4n) is 3.00. The molecule has 0 saturated heterocycles. The summed E-state index contributed by atoms with van der Waals surface area (Å²) in [5, 5.41) is 1.13. The maximum atomic E-state index is 6.03. The van der Waals surface area contributed by atoms with E-state index in [9.17, 15) is 0 Å². The molecular formula is C15H19NO2. The normalized spacial score (nSPS) is 18.3. The van der Waals surface area contributed by atoms with E-state index < -0.39 is 0 Å². The van der Waals surface area contributed by atoms with Crippen molar-refractivity contribution in [2.45, 2.75) is 31.1 Å². The van der Waals surface area contributed by atoms with Gasteiger partial charge in [0.2, 0.25) is 0 Å². The number of ether oxygens (including phenoxy) is 1. The number of furan rings is 1. The highest BCUT2D eigenvalue weighted by Gasteiger charge is 2.37. The SMILES string of the molecule is COc1ccc2cc(C3(CN)CCCC3)oc2c1. The number of hydrogen-bond donors (Lipinski definition) is 1. The Bertz CT molecular complexity index is 553. The predicted molar refractivity (Wildman–Crippen MR) is 72.0 cm³/mol. The van der Waals surface area contributed by atoms with Gasteiger partial charge in [-0.15, -0.1) is 0 Å². The molecule has 0 atom stereocenters. The third-order valence-electron chi connectivity index (χ3n) is 4.20. The summed E-state index contributed by atoms with van der Waals surface area (Å²) in [5.41, 5.74) is 6.95. The smallest absolute Gasteiger partial charge is 0.137 e. The zero-order valence-corrected chi connectivity index (χ0v) is 10.7. The number of fused-ring (bicyclic) bond motifs is 1. The Balaban J connectivity index is 2.07. The van der Waals surface area contributed by atoms with Crippen LogP contribution in [0.25, 0.3) is 11.0 Å². The number of methoxy groups -OCH3 is 1. The molecule has 1 aliphatic carbocycles. The van der Waals surface area contributed by atoms with Crippen molar-refractivity contribution >= 4 is 11.0 Å². The van der Waals surface area contributed by atoms with Gasteiger partial charge in [-0.25, -0.2) is 0 Å². The average molecular weight is 245 g/mol. The summed E-state index contributed by atoms with van der Waals surface area (Å²) in [6.45, 7) is 0.671. The number of hydrogen-bond acceptors (Lipinski definition) is 3. The Kier molecular flexibility index (Phi) is 2.78. The Labute approximate surface area is 107 Å². The second-order valence-corrected chi connectivity index (χ2v) is 5.21. The molecule has 2 aromatic rings. The van der Waals surface area contributed by atoms with Crippen LogP contribution < -0.4 is 10.5 Å². The molecule has 1 aliphatic rings. The van der Waals surface area contributed by atoms with E-state index >= 15 is 0 Å². The second-order valence-electron chi connectivity index (χ2n) is 5.21. The first-order chi connectivity index (χ1) is 8.77. The fraction of sp³-hybridized carbons (Fsp3) is 0.467. The summed E-state index contributed by atoms with van der Waals surface area (Å²) >= 11 is 0. The fourth-order valence-corrected chi connectivity index (χ4v) is 3.00. The van der Waals surface area contributed by atoms with Gasteiger partial charge in [0, 0.05) is 23.4 Å². The number of nitrogens with two attached hydrogens (primary N) is 1. The third kappa shape index (κ3) is 1.70. The molecule has 1 heterocycles. The Morgan fingerprint density at radius 3 is 2.72 bits per heavy atom. The quantitative estimate of drug-likeness (QED) is 0.903. The molecule has 0 unspecified atom stereocenters. The van der Waals surface area contributed by atoms with Gasteiger partial charge >= 0.3 is 0 Å². The Morgan fingerprint density at radius 1 is 1.28 bits per heavy atom. The van der Waals surface area contributed by atoms with Gasteiger partial charge < -0.3 is 14.9 Å². The molecule has 3 heteroatoms. The van der Waals surface area contributed by atoms with E-state index in [4.69, 9.17) is 14.9 Å². The minimum atomic E-state index is 0.0618. The molecule has 0 spiro atoms. The lowest BCUT2D eigenvalue weighted by molar-refractivity contribution is 0.359. The van der Waals surface area contributed by atoms with Crippen LogP contribution in [0.2, 0.25) is 0 Å². The minimum absolute atomic E-state index is 0.0618. The zero-order chi connectivity index (χ0) is 12.6. The molecule has 0 radical (unpaired) electrons. The van der Waals surface area contributed by atoms with Crippen molar-refractivity contribution in [3.05, 3.63) is 30.0 Å². The summed E-state index contributed by atoms with van der Waals surface area (Å²) in [7, 11) is 1.67. The van der Waals surface area contributed by atoms with Gasteiger partial charge in [0.05, 0.1) is 7.11 Å². The van der Waals surface area contributed by atoms with Crippen LogP contribution in [0.15, 0.2) is 28.7 Å². The first-order valence-corrected chi connectivity index (χ1v) is 6.55. The molecule has 18 heavy (non-hydrogen) atoms. The molecule has 96 valence electrons. The lowest BCUT2D eigenvalue weighted by Crippen LogP contribution is -2.31. The molecule has 2 N–H and O–H groups in total. The van der Waals surface area contributed by atoms with Crippen molar-refractivity contribution in [3.63, 3.8) is 0 Å². The highest BCUT2D eigenvalue weighted by atomic mass is 16.5. The van der Waals surface area contributed by atoms with Crippen LogP contribution in [0.1, 0.15) is 31.4 Å². The number of benzene rings is 1. The summed E-state index contributed by atoms with van der Waals surface area (Å²) in [4.78, 5) is 0. The van der Waals surface area contributed by atoms with Gasteiger partial charge in [-0.3, -0.25) is 0 Å². The van der Waals surface area contributed by atoms with E-state index in [1.54, 1.807) is 7.11 Å². The standard InChI is InChI=1S/C15H19NO2/c1-17-12-5-4-11-8-14(18-13(11)9-12)15(10-16)6-2-3-7-15/h4-5,8-9H,2-3,6-7,10,16H2,1H3. The molecule has 0 bridgehead atoms. The Hall–Kier alpha value is -1.48. The van der Waals surface area contributed by atoms with Crippen LogP contribution in [0.3, 0.4) is 0 Å². The van der Waals surface area contributed by atoms with E-state index in [0.29, 0.717) is 6.54 Å². The number of rotatable bonds is 3. The van der Waals surface area contributed by atoms with Crippen molar-refractivity contribution in [2.75, 3.05) is 13.7 Å². The highest BCUT2D eigenvalue weighted by Crippen LogP contribution is 2.42. The van der Waals surface area contributed by atoms with E-state index in [1.807, 2.05) is 18.2 Å². The van der Waals surface area contributed by atoms with Crippen molar-refractivity contribution in [1.29, 1.82) is 0 Å². The van der Waals surface area contributed by atoms with Crippen molar-refractivity contribution in [3.8, 4) is 5.75 Å². The predicted octanol–water partition coefficient (Wildman–Crippen LogP) is 3.21. The summed E-state index contributed by atoms with van der Waals surface area (Å²) < 4.78 is 11.3. The molecular weight excluding hydrogens is 226 g/mol. The average Bonchev–Trinajstić information content (AvgIpc) is 3.04. The van der Waals surface area contributed by atoms with E-state index in [2.05, 4.69) is 6.07 Å². The topological polar surface area (TPSA) is 48.4 Å². The molecule has 1 aromatic carbocycles. The highest BCUT2D eigenvalue weighted by molar-refractivity contribution is 5.79. The van der Waals surface area contributed by atoms with Crippen molar-refractivity contribution < 1.29 is 9.15 Å². The van der Waals surface area contributed by atoms with Gasteiger partial charge in [0.1, 0.15) is 17.1 Å². The molecule has 0 aliphatic heterocycles. The molecule has 1 fully saturated rings. The first-order valence-electron chi connectivity index (χ1n) is 6.55. The van der Waals surface area contributed by atoms with E-state index in [-0.39, 0.29) is 5.41 Å². The van der Waals surface area contributed by atoms with Crippen LogP contribution in [0.5, 0.6) is 5.75 Å². The van der Waals surface area contributed by atoms with Crippen LogP contribution in [-0.2, 0) is 5.41 Å². The lowest BCUT2D eigenvalue weighted by atomic mass is 9.83. The zero-order valence-electron chi connectivity index (χ0n) is 10.7. The Morgan fingerprint density at radius 2 is 2.06 bits per heavy atom. The molecule has 3 nitrogen and oxygen atoms in total. The summed E-state index contributed by atoms with van der Waals surface area (Å²) in [6.07, 6.45) is 4.77. The van der Waals surface area contributed by atoms with Gasteiger partial charge in [0.25, 0.3) is 0 Å². The van der Waals surface area contributed by atoms with Crippen LogP contribution in [0.4, 0.5) is 0 Å². The van der Waals surface area contributed by atoms with Crippen LogP contribution in [0, 0.1) is 0 Å². The largest absolute Gasteiger partial charge is 0.497 e. The monoisotopic (exact) mass is 245 g/mol. The van der Waals surface area contributed by atoms with Gasteiger partial charge in [-0.05, 0) is 31.0 Å². The van der Waals surface area contributed by atoms with Gasteiger partial charge in [-0.2, -0.15) is 0 Å². The maximum absolute atomic E-state index is 6.03. The van der Waals surface area contributed by atoms with Crippen molar-refractivity contribution in [2.24, 2.45) is 5.73 Å². The summed E-state index contributed by atoms with van der Waals surface area (Å²) in [5.74, 6) is 1.88. The van der Waals surface area contributed by atoms with Crippen LogP contribution in [-0.4, -0.2) is 13.7 Å². The van der Waals surface area contributed by atoms with Crippen molar-refractivity contribution in [1.82, 2.24) is 0 Å². The lowest BCUT2D eigenvalue weighted by Gasteiger charge is -2.24. The first kappa shape index (κ1) is 11.6. The minimum Gasteiger partial charge on any atom is -0.497 e. The van der Waals surface area contributed by atoms with Gasteiger partial charge in [0.15, 0.2) is 0 Å². The maximum Gasteiger partial charge on any atom is 0.137 e. The molecule has 3 rings (SSSR count). The summed E-state index contributed by atoms with van der Waals surface area (Å²) in [6, 6.07) is 8.09. The second kappa shape index (κ2) is 4.32. The molecule has 1 saturated carbocycles. The third-order valence-corrected chi connectivity index (χ3v) is 4.20. The molecule has 0 amide bonds. The van der Waals surface area contributed by atoms with E-state index in [1.165, 1.54) is 12.8 Å². The molecule has 1 aromatic heterocycles.